The number of hydrogen-bond donors (Lipinski definition) is 4. The molecule has 0 unspecified atom stereocenters. The summed E-state index contributed by atoms with van der Waals surface area (Å²) in [6.07, 6.45) is 6.18. The first kappa shape index (κ1) is 34.0. The summed E-state index contributed by atoms with van der Waals surface area (Å²) in [5, 5.41) is 17.1. The van der Waals surface area contributed by atoms with Crippen molar-refractivity contribution in [3.05, 3.63) is 58.5 Å². The van der Waals surface area contributed by atoms with Crippen LogP contribution >= 0.6 is 0 Å². The van der Waals surface area contributed by atoms with Crippen molar-refractivity contribution in [3.8, 4) is 0 Å². The van der Waals surface area contributed by atoms with Crippen LogP contribution in [0.5, 0.6) is 0 Å². The number of ether oxygens (including phenoxy) is 3. The van der Waals surface area contributed by atoms with E-state index in [1.54, 1.807) is 32.1 Å². The molecule has 43 heavy (non-hydrogen) atoms. The number of carbonyl (C=O) groups excluding carboxylic acids is 4. The zero-order valence-corrected chi connectivity index (χ0v) is 25.8. The van der Waals surface area contributed by atoms with Gasteiger partial charge in [0.2, 0.25) is 11.6 Å². The zero-order valence-electron chi connectivity index (χ0n) is 25.8. The Kier molecular flexibility index (Phi) is 12.1. The first-order chi connectivity index (χ1) is 20.4. The highest BCUT2D eigenvalue weighted by atomic mass is 16.6. The molecule has 6 atom stereocenters. The predicted octanol–water partition coefficient (Wildman–Crippen LogP) is 2.76. The molecule has 0 aromatic heterocycles. The number of Topliss-reactive ketones (excluding diaryl/α,β-unsaturated/α-hetero) is 1. The Morgan fingerprint density at radius 3 is 2.44 bits per heavy atom. The minimum Gasteiger partial charge on any atom is -0.439 e. The van der Waals surface area contributed by atoms with Crippen molar-refractivity contribution >= 4 is 23.6 Å². The number of carbonyl (C=O) groups is 4. The number of aliphatic hydroxyl groups excluding tert-OH is 1. The summed E-state index contributed by atoms with van der Waals surface area (Å²) in [4.78, 5) is 51.6. The van der Waals surface area contributed by atoms with Gasteiger partial charge in [-0.2, -0.15) is 0 Å². The first-order valence-electron chi connectivity index (χ1n) is 14.7. The molecule has 2 amide bonds. The van der Waals surface area contributed by atoms with Gasteiger partial charge >= 0.3 is 6.09 Å². The Balaban J connectivity index is 2.04. The molecule has 0 aromatic carbocycles. The third-order valence-corrected chi connectivity index (χ3v) is 8.06. The SMILES string of the molecule is CO[C@H]1C[C@H](C)CC2=C(NCC3CC3)C(=O)C=C(NC(=O)/C(C)=C/C=C\[C@@H](OC)[C@@H](OC(N)=O)/C(C)=C/[C@H](C)[C@H]1O)C2=O. The van der Waals surface area contributed by atoms with Crippen LogP contribution in [0.1, 0.15) is 53.4 Å². The second-order valence-electron chi connectivity index (χ2n) is 11.8. The highest BCUT2D eigenvalue weighted by Gasteiger charge is 2.34. The molecule has 1 heterocycles. The molecule has 1 aliphatic heterocycles. The van der Waals surface area contributed by atoms with Gasteiger partial charge in [-0.3, -0.25) is 14.4 Å². The number of amides is 2. The Bertz CT molecular complexity index is 1240. The highest BCUT2D eigenvalue weighted by molar-refractivity contribution is 6.23. The molecular weight excluding hydrogens is 554 g/mol. The molecule has 0 aromatic rings. The van der Waals surface area contributed by atoms with Crippen LogP contribution in [0.25, 0.3) is 0 Å². The summed E-state index contributed by atoms with van der Waals surface area (Å²) in [6, 6.07) is 0. The van der Waals surface area contributed by atoms with E-state index in [0.29, 0.717) is 30.0 Å². The van der Waals surface area contributed by atoms with E-state index in [1.807, 2.05) is 13.8 Å². The molecular formula is C32H45N3O8. The summed E-state index contributed by atoms with van der Waals surface area (Å²) >= 11 is 0. The lowest BCUT2D eigenvalue weighted by Gasteiger charge is -2.30. The van der Waals surface area contributed by atoms with Crippen LogP contribution in [0.3, 0.4) is 0 Å². The maximum Gasteiger partial charge on any atom is 0.405 e. The van der Waals surface area contributed by atoms with Crippen molar-refractivity contribution in [1.29, 1.82) is 0 Å². The van der Waals surface area contributed by atoms with E-state index >= 15 is 0 Å². The molecule has 11 nitrogen and oxygen atoms in total. The largest absolute Gasteiger partial charge is 0.439 e. The first-order valence-corrected chi connectivity index (χ1v) is 14.7. The minimum atomic E-state index is -0.992. The van der Waals surface area contributed by atoms with Crippen LogP contribution in [0, 0.1) is 17.8 Å². The standard InChI is InChI=1S/C32H45N3O8/c1-17-12-22-27(34-16-21-10-11-21)24(36)15-23(29(22)38)35-31(39)18(2)8-7-9-25(41-5)30(43-32(33)40)20(4)14-19(3)28(37)26(13-17)42-6/h7-9,14-15,17,19,21,25-26,28,30,34,37H,10-13,16H2,1-6H3,(H2,33,40)(H,35,39)/b9-7-,18-8+,20-14+/t17-,19+,25-,26+,28-,30+/m1/s1. The third kappa shape index (κ3) is 9.22. The van der Waals surface area contributed by atoms with Gasteiger partial charge in [-0.15, -0.1) is 0 Å². The number of rotatable bonds is 6. The van der Waals surface area contributed by atoms with Gasteiger partial charge < -0.3 is 35.7 Å². The number of fused-ring (bicyclic) bond motifs is 2. The number of nitrogens with two attached hydrogens (primary N) is 1. The van der Waals surface area contributed by atoms with Crippen LogP contribution in [-0.4, -0.2) is 73.9 Å². The van der Waals surface area contributed by atoms with E-state index in [1.165, 1.54) is 26.4 Å². The van der Waals surface area contributed by atoms with Crippen molar-refractivity contribution in [2.75, 3.05) is 20.8 Å². The maximum atomic E-state index is 13.7. The van der Waals surface area contributed by atoms with E-state index in [9.17, 15) is 24.3 Å². The quantitative estimate of drug-likeness (QED) is 0.265. The van der Waals surface area contributed by atoms with E-state index in [-0.39, 0.29) is 35.1 Å². The van der Waals surface area contributed by atoms with Gasteiger partial charge in [0.15, 0.2) is 6.10 Å². The smallest absolute Gasteiger partial charge is 0.405 e. The average molecular weight is 600 g/mol. The van der Waals surface area contributed by atoms with Crippen LogP contribution in [-0.2, 0) is 28.6 Å². The number of ketones is 2. The van der Waals surface area contributed by atoms with Crippen molar-refractivity contribution in [1.82, 2.24) is 10.6 Å². The second-order valence-corrected chi connectivity index (χ2v) is 11.8. The molecule has 0 spiro atoms. The van der Waals surface area contributed by atoms with E-state index in [2.05, 4.69) is 10.6 Å². The molecule has 11 heteroatoms. The summed E-state index contributed by atoms with van der Waals surface area (Å²) in [5.74, 6) is -1.47. The van der Waals surface area contributed by atoms with Gasteiger partial charge in [-0.25, -0.2) is 4.79 Å². The fraction of sp³-hybridized carbons (Fsp3) is 0.562. The number of aliphatic hydroxyl groups is 1. The van der Waals surface area contributed by atoms with Gasteiger partial charge in [0, 0.05) is 43.9 Å². The normalized spacial score (nSPS) is 33.0. The molecule has 1 saturated carbocycles. The van der Waals surface area contributed by atoms with Crippen LogP contribution in [0.15, 0.2) is 58.5 Å². The fourth-order valence-corrected chi connectivity index (χ4v) is 5.35. The third-order valence-electron chi connectivity index (χ3n) is 8.06. The summed E-state index contributed by atoms with van der Waals surface area (Å²) in [7, 11) is 2.95. The Labute approximate surface area is 253 Å². The van der Waals surface area contributed by atoms with E-state index in [4.69, 9.17) is 19.9 Å². The fourth-order valence-electron chi connectivity index (χ4n) is 5.35. The van der Waals surface area contributed by atoms with Crippen molar-refractivity contribution < 1.29 is 38.5 Å². The zero-order chi connectivity index (χ0) is 31.8. The monoisotopic (exact) mass is 599 g/mol. The predicted molar refractivity (Wildman–Crippen MR) is 160 cm³/mol. The van der Waals surface area contributed by atoms with Crippen LogP contribution < -0.4 is 16.4 Å². The van der Waals surface area contributed by atoms with Gasteiger partial charge in [0.25, 0.3) is 5.91 Å². The molecule has 0 radical (unpaired) electrons. The number of hydrogen-bond acceptors (Lipinski definition) is 9. The van der Waals surface area contributed by atoms with Gasteiger partial charge in [0.05, 0.1) is 23.6 Å². The van der Waals surface area contributed by atoms with Crippen LogP contribution in [0.2, 0.25) is 0 Å². The molecule has 236 valence electrons. The lowest BCUT2D eigenvalue weighted by atomic mass is 9.85. The lowest BCUT2D eigenvalue weighted by molar-refractivity contribution is -0.120. The van der Waals surface area contributed by atoms with Crippen molar-refractivity contribution in [2.24, 2.45) is 23.5 Å². The second kappa shape index (κ2) is 15.3. The van der Waals surface area contributed by atoms with E-state index < -0.39 is 48.1 Å². The number of primary amides is 1. The van der Waals surface area contributed by atoms with Crippen molar-refractivity contribution in [2.45, 2.75) is 77.8 Å². The molecule has 3 aliphatic rings. The average Bonchev–Trinajstić information content (AvgIpc) is 3.78. The van der Waals surface area contributed by atoms with Gasteiger partial charge in [-0.1, -0.05) is 38.2 Å². The maximum absolute atomic E-state index is 13.7. The molecule has 5 N–H and O–H groups in total. The summed E-state index contributed by atoms with van der Waals surface area (Å²) < 4.78 is 16.6. The Morgan fingerprint density at radius 2 is 1.84 bits per heavy atom. The van der Waals surface area contributed by atoms with Crippen molar-refractivity contribution in [3.63, 3.8) is 0 Å². The number of nitrogens with one attached hydrogen (secondary N) is 2. The summed E-state index contributed by atoms with van der Waals surface area (Å²) in [5.41, 5.74) is 6.69. The molecule has 2 aliphatic carbocycles. The number of methoxy groups -OCH3 is 2. The topological polar surface area (TPSA) is 166 Å². The molecule has 3 rings (SSSR count). The lowest BCUT2D eigenvalue weighted by Crippen LogP contribution is -2.38. The van der Waals surface area contributed by atoms with E-state index in [0.717, 1.165) is 12.8 Å². The molecule has 0 saturated heterocycles. The van der Waals surface area contributed by atoms with Crippen LogP contribution in [0.4, 0.5) is 4.79 Å². The summed E-state index contributed by atoms with van der Waals surface area (Å²) in [6.45, 7) is 7.65. The Morgan fingerprint density at radius 1 is 1.14 bits per heavy atom. The molecule has 1 fully saturated rings. The highest BCUT2D eigenvalue weighted by Crippen LogP contribution is 2.31. The minimum absolute atomic E-state index is 0.0923. The number of allylic oxidation sites excluding steroid dienone is 4. The Hall–Kier alpha value is -3.54. The van der Waals surface area contributed by atoms with Gasteiger partial charge in [-0.05, 0) is 56.9 Å². The molecule has 2 bridgehead atoms. The van der Waals surface area contributed by atoms with Gasteiger partial charge in [0.1, 0.15) is 6.10 Å².